The van der Waals surface area contributed by atoms with Crippen LogP contribution >= 0.6 is 23.2 Å². The highest BCUT2D eigenvalue weighted by atomic mass is 35.5. The van der Waals surface area contributed by atoms with Crippen LogP contribution in [0.25, 0.3) is 0 Å². The molecule has 0 aliphatic carbocycles. The van der Waals surface area contributed by atoms with Crippen molar-refractivity contribution in [2.24, 2.45) is 0 Å². The minimum Gasteiger partial charge on any atom is -0.381 e. The lowest BCUT2D eigenvalue weighted by Gasteiger charge is -2.07. The van der Waals surface area contributed by atoms with Crippen molar-refractivity contribution in [1.29, 1.82) is 0 Å². The van der Waals surface area contributed by atoms with E-state index in [-0.39, 0.29) is 5.02 Å². The summed E-state index contributed by atoms with van der Waals surface area (Å²) < 4.78 is 12.9. The lowest BCUT2D eigenvalue weighted by molar-refractivity contribution is 0.628. The van der Waals surface area contributed by atoms with E-state index in [0.29, 0.717) is 11.6 Å². The third-order valence-corrected chi connectivity index (χ3v) is 2.83. The van der Waals surface area contributed by atoms with E-state index in [1.165, 1.54) is 6.07 Å². The number of halogens is 3. The maximum Gasteiger partial charge on any atom is 0.141 e. The van der Waals surface area contributed by atoms with E-state index in [2.05, 4.69) is 5.32 Å². The van der Waals surface area contributed by atoms with Gasteiger partial charge in [-0.15, -0.1) is 0 Å². The molecule has 2 aromatic carbocycles. The Morgan fingerprint density at radius 1 is 1.06 bits per heavy atom. The summed E-state index contributed by atoms with van der Waals surface area (Å²) in [5, 5.41) is 3.95. The predicted molar refractivity (Wildman–Crippen MR) is 70.2 cm³/mol. The van der Waals surface area contributed by atoms with Gasteiger partial charge >= 0.3 is 0 Å². The fourth-order valence-corrected chi connectivity index (χ4v) is 1.85. The average molecular weight is 270 g/mol. The number of anilines is 1. The molecule has 2 rings (SSSR count). The van der Waals surface area contributed by atoms with Crippen molar-refractivity contribution in [3.05, 3.63) is 63.9 Å². The van der Waals surface area contributed by atoms with Crippen molar-refractivity contribution in [2.75, 3.05) is 5.32 Å². The zero-order valence-electron chi connectivity index (χ0n) is 8.88. The van der Waals surface area contributed by atoms with Gasteiger partial charge in [0.05, 0.1) is 5.02 Å². The molecule has 17 heavy (non-hydrogen) atoms. The van der Waals surface area contributed by atoms with Crippen LogP contribution in [0, 0.1) is 5.82 Å². The van der Waals surface area contributed by atoms with Crippen LogP contribution in [-0.4, -0.2) is 0 Å². The van der Waals surface area contributed by atoms with E-state index < -0.39 is 5.82 Å². The molecule has 1 N–H and O–H groups in total. The second kappa shape index (κ2) is 5.39. The SMILES string of the molecule is Fc1ccc(NCc2cccc(Cl)c2)cc1Cl. The molecule has 0 bridgehead atoms. The zero-order chi connectivity index (χ0) is 12.3. The molecule has 4 heteroatoms. The summed E-state index contributed by atoms with van der Waals surface area (Å²) in [5.74, 6) is -0.417. The molecular formula is C13H10Cl2FN. The molecule has 88 valence electrons. The molecular weight excluding hydrogens is 260 g/mol. The van der Waals surface area contributed by atoms with Crippen LogP contribution in [0.2, 0.25) is 10.0 Å². The molecule has 0 aliphatic heterocycles. The number of benzene rings is 2. The molecule has 0 aliphatic rings. The first-order valence-electron chi connectivity index (χ1n) is 5.08. The van der Waals surface area contributed by atoms with E-state index in [4.69, 9.17) is 23.2 Å². The van der Waals surface area contributed by atoms with Crippen LogP contribution < -0.4 is 5.32 Å². The van der Waals surface area contributed by atoms with Crippen LogP contribution in [0.15, 0.2) is 42.5 Å². The number of hydrogen-bond acceptors (Lipinski definition) is 1. The predicted octanol–water partition coefficient (Wildman–Crippen LogP) is 4.74. The number of rotatable bonds is 3. The lowest BCUT2D eigenvalue weighted by Crippen LogP contribution is -1.99. The van der Waals surface area contributed by atoms with Crippen LogP contribution in [0.1, 0.15) is 5.56 Å². The molecule has 0 fully saturated rings. The van der Waals surface area contributed by atoms with Crippen molar-refractivity contribution in [3.8, 4) is 0 Å². The van der Waals surface area contributed by atoms with E-state index in [1.54, 1.807) is 12.1 Å². The molecule has 0 unspecified atom stereocenters. The van der Waals surface area contributed by atoms with Crippen molar-refractivity contribution < 1.29 is 4.39 Å². The maximum absolute atomic E-state index is 12.9. The topological polar surface area (TPSA) is 12.0 Å². The van der Waals surface area contributed by atoms with Gasteiger partial charge in [-0.25, -0.2) is 4.39 Å². The Kier molecular flexibility index (Phi) is 3.87. The first-order chi connectivity index (χ1) is 8.15. The summed E-state index contributed by atoms with van der Waals surface area (Å²) in [5.41, 5.74) is 1.83. The van der Waals surface area contributed by atoms with Gasteiger partial charge < -0.3 is 5.32 Å². The fraction of sp³-hybridized carbons (Fsp3) is 0.0769. The van der Waals surface area contributed by atoms with Crippen LogP contribution in [0.3, 0.4) is 0 Å². The average Bonchev–Trinajstić information content (AvgIpc) is 2.31. The Hall–Kier alpha value is -1.25. The standard InChI is InChI=1S/C13H10Cl2FN/c14-10-3-1-2-9(6-10)8-17-11-4-5-13(16)12(15)7-11/h1-7,17H,8H2. The molecule has 0 saturated carbocycles. The first kappa shape index (κ1) is 12.2. The minimum absolute atomic E-state index is 0.112. The highest BCUT2D eigenvalue weighted by Crippen LogP contribution is 2.20. The smallest absolute Gasteiger partial charge is 0.141 e. The fourth-order valence-electron chi connectivity index (χ4n) is 1.46. The normalized spacial score (nSPS) is 10.3. The molecule has 1 nitrogen and oxygen atoms in total. The van der Waals surface area contributed by atoms with E-state index >= 15 is 0 Å². The van der Waals surface area contributed by atoms with Crippen molar-refractivity contribution >= 4 is 28.9 Å². The van der Waals surface area contributed by atoms with Gasteiger partial charge in [-0.3, -0.25) is 0 Å². The van der Waals surface area contributed by atoms with E-state index in [0.717, 1.165) is 11.3 Å². The van der Waals surface area contributed by atoms with Crippen molar-refractivity contribution in [2.45, 2.75) is 6.54 Å². The third-order valence-electron chi connectivity index (χ3n) is 2.31. The van der Waals surface area contributed by atoms with Crippen molar-refractivity contribution in [3.63, 3.8) is 0 Å². The van der Waals surface area contributed by atoms with Crippen LogP contribution in [-0.2, 0) is 6.54 Å². The molecule has 0 spiro atoms. The summed E-state index contributed by atoms with van der Waals surface area (Å²) >= 11 is 11.6. The second-order valence-corrected chi connectivity index (χ2v) is 4.46. The molecule has 0 aromatic heterocycles. The van der Waals surface area contributed by atoms with Gasteiger partial charge in [0.2, 0.25) is 0 Å². The van der Waals surface area contributed by atoms with E-state index in [9.17, 15) is 4.39 Å². The number of hydrogen-bond donors (Lipinski definition) is 1. The van der Waals surface area contributed by atoms with Gasteiger partial charge in [-0.2, -0.15) is 0 Å². The van der Waals surface area contributed by atoms with Gasteiger partial charge in [0.1, 0.15) is 5.82 Å². The monoisotopic (exact) mass is 269 g/mol. The lowest BCUT2D eigenvalue weighted by atomic mass is 10.2. The van der Waals surface area contributed by atoms with Gasteiger partial charge in [0.25, 0.3) is 0 Å². The Balaban J connectivity index is 2.05. The molecule has 0 heterocycles. The summed E-state index contributed by atoms with van der Waals surface area (Å²) in [6.07, 6.45) is 0. The summed E-state index contributed by atoms with van der Waals surface area (Å²) in [6.45, 7) is 0.614. The quantitative estimate of drug-likeness (QED) is 0.849. The number of nitrogens with one attached hydrogen (secondary N) is 1. The maximum atomic E-state index is 12.9. The van der Waals surface area contributed by atoms with Gasteiger partial charge in [-0.05, 0) is 35.9 Å². The van der Waals surface area contributed by atoms with Crippen molar-refractivity contribution in [1.82, 2.24) is 0 Å². The highest BCUT2D eigenvalue weighted by molar-refractivity contribution is 6.31. The Morgan fingerprint density at radius 3 is 2.59 bits per heavy atom. The summed E-state index contributed by atoms with van der Waals surface area (Å²) in [4.78, 5) is 0. The molecule has 0 atom stereocenters. The van der Waals surface area contributed by atoms with Crippen LogP contribution in [0.5, 0.6) is 0 Å². The molecule has 2 aromatic rings. The molecule has 0 amide bonds. The van der Waals surface area contributed by atoms with Crippen LogP contribution in [0.4, 0.5) is 10.1 Å². The minimum atomic E-state index is -0.417. The van der Waals surface area contributed by atoms with Gasteiger partial charge in [-0.1, -0.05) is 35.3 Å². The second-order valence-electron chi connectivity index (χ2n) is 3.61. The first-order valence-corrected chi connectivity index (χ1v) is 5.84. The molecule has 0 saturated heterocycles. The molecule has 0 radical (unpaired) electrons. The highest BCUT2D eigenvalue weighted by Gasteiger charge is 2.00. The van der Waals surface area contributed by atoms with Gasteiger partial charge in [0, 0.05) is 17.3 Å². The Labute approximate surface area is 109 Å². The van der Waals surface area contributed by atoms with Gasteiger partial charge in [0.15, 0.2) is 0 Å². The zero-order valence-corrected chi connectivity index (χ0v) is 10.4. The Bertz CT molecular complexity index is 529. The Morgan fingerprint density at radius 2 is 1.88 bits per heavy atom. The summed E-state index contributed by atoms with van der Waals surface area (Å²) in [6, 6.07) is 12.1. The third kappa shape index (κ3) is 3.35. The largest absolute Gasteiger partial charge is 0.381 e. The van der Waals surface area contributed by atoms with E-state index in [1.807, 2.05) is 24.3 Å². The summed E-state index contributed by atoms with van der Waals surface area (Å²) in [7, 11) is 0.